The summed E-state index contributed by atoms with van der Waals surface area (Å²) in [6, 6.07) is 7.70. The zero-order valence-corrected chi connectivity index (χ0v) is 14.1. The van der Waals surface area contributed by atoms with Crippen molar-refractivity contribution in [2.75, 3.05) is 5.75 Å². The zero-order valence-electron chi connectivity index (χ0n) is 12.5. The van der Waals surface area contributed by atoms with Crippen molar-refractivity contribution in [3.8, 4) is 5.88 Å². The third-order valence-electron chi connectivity index (χ3n) is 4.32. The van der Waals surface area contributed by atoms with E-state index in [9.17, 15) is 9.90 Å². The van der Waals surface area contributed by atoms with Crippen LogP contribution in [-0.4, -0.2) is 21.8 Å². The first kappa shape index (κ1) is 14.1. The molecule has 2 N–H and O–H groups in total. The van der Waals surface area contributed by atoms with Crippen molar-refractivity contribution in [3.63, 3.8) is 0 Å². The van der Waals surface area contributed by atoms with Crippen LogP contribution in [0.25, 0.3) is 21.4 Å². The van der Waals surface area contributed by atoms with Crippen molar-refractivity contribution in [3.05, 3.63) is 56.7 Å². The lowest BCUT2D eigenvalue weighted by atomic mass is 10.1. The summed E-state index contributed by atoms with van der Waals surface area (Å²) in [6.45, 7) is 0. The number of amides is 1. The Labute approximate surface area is 145 Å². The molecule has 0 aliphatic carbocycles. The van der Waals surface area contributed by atoms with Crippen LogP contribution < -0.4 is 10.6 Å². The van der Waals surface area contributed by atoms with Gasteiger partial charge < -0.3 is 10.1 Å². The highest BCUT2D eigenvalue weighted by Gasteiger charge is 2.23. The summed E-state index contributed by atoms with van der Waals surface area (Å²) in [5.74, 6) is 1.02. The first-order chi connectivity index (χ1) is 11.7. The number of allylic oxidation sites excluding steroid dienone is 1. The molecule has 0 atom stereocenters. The maximum Gasteiger partial charge on any atom is 0.279 e. The minimum atomic E-state index is -0.194. The van der Waals surface area contributed by atoms with Crippen molar-refractivity contribution >= 4 is 50.4 Å². The summed E-state index contributed by atoms with van der Waals surface area (Å²) in [7, 11) is 0. The molecule has 118 valence electrons. The molecule has 0 bridgehead atoms. The summed E-state index contributed by atoms with van der Waals surface area (Å²) in [5, 5.41) is 14.7. The summed E-state index contributed by atoms with van der Waals surface area (Å²) in [5.41, 5.74) is 2.29. The third kappa shape index (κ3) is 1.93. The summed E-state index contributed by atoms with van der Waals surface area (Å²) < 4.78 is 0. The van der Waals surface area contributed by atoms with Crippen molar-refractivity contribution in [2.45, 2.75) is 6.42 Å². The summed E-state index contributed by atoms with van der Waals surface area (Å²) >= 11 is 3.27. The van der Waals surface area contributed by atoms with E-state index in [4.69, 9.17) is 0 Å². The van der Waals surface area contributed by atoms with Gasteiger partial charge in [0.25, 0.3) is 5.91 Å². The summed E-state index contributed by atoms with van der Waals surface area (Å²) in [6.07, 6.45) is 3.15. The van der Waals surface area contributed by atoms with Gasteiger partial charge >= 0.3 is 0 Å². The van der Waals surface area contributed by atoms with Gasteiger partial charge in [-0.25, -0.2) is 4.99 Å². The number of hydrogen-bond acceptors (Lipinski definition) is 4. The number of hydrogen-bond donors (Lipinski definition) is 2. The number of carbonyl (C=O) groups is 1. The molecule has 5 rings (SSSR count). The van der Waals surface area contributed by atoms with Crippen LogP contribution in [0.15, 0.2) is 40.7 Å². The predicted molar refractivity (Wildman–Crippen MR) is 97.6 cm³/mol. The number of aromatic hydroxyl groups is 1. The van der Waals surface area contributed by atoms with Crippen LogP contribution in [0.1, 0.15) is 16.9 Å². The van der Waals surface area contributed by atoms with E-state index < -0.39 is 0 Å². The van der Waals surface area contributed by atoms with E-state index in [2.05, 4.69) is 16.1 Å². The second kappa shape index (κ2) is 5.09. The first-order valence-corrected chi connectivity index (χ1v) is 9.48. The summed E-state index contributed by atoms with van der Waals surface area (Å²) in [4.78, 5) is 21.7. The Morgan fingerprint density at radius 1 is 1.29 bits per heavy atom. The molecule has 0 unspecified atom stereocenters. The number of fused-ring (bicyclic) bond motifs is 2. The monoisotopic (exact) mass is 352 g/mol. The number of thioether (sulfide) groups is 1. The molecule has 4 nitrogen and oxygen atoms in total. The Hall–Kier alpha value is -2.31. The number of nitrogens with zero attached hydrogens (tertiary/aromatic N) is 1. The molecule has 0 radical (unpaired) electrons. The average molecular weight is 352 g/mol. The molecule has 1 aromatic carbocycles. The largest absolute Gasteiger partial charge is 0.494 e. The van der Waals surface area contributed by atoms with E-state index >= 15 is 0 Å². The second-order valence-corrected chi connectivity index (χ2v) is 7.82. The van der Waals surface area contributed by atoms with E-state index in [1.165, 1.54) is 11.3 Å². The highest BCUT2D eigenvalue weighted by molar-refractivity contribution is 8.08. The third-order valence-corrected chi connectivity index (χ3v) is 6.33. The molecule has 3 aromatic rings. The van der Waals surface area contributed by atoms with Crippen LogP contribution in [0, 0.1) is 0 Å². The quantitative estimate of drug-likeness (QED) is 0.745. The zero-order chi connectivity index (χ0) is 16.3. The topological polar surface area (TPSA) is 65.4 Å². The van der Waals surface area contributed by atoms with Gasteiger partial charge in [0.2, 0.25) is 0 Å². The Morgan fingerprint density at radius 3 is 2.96 bits per heavy atom. The first-order valence-electron chi connectivity index (χ1n) is 7.61. The number of H-pyrrole nitrogens is 1. The molecule has 0 saturated heterocycles. The van der Waals surface area contributed by atoms with Gasteiger partial charge in [-0.15, -0.1) is 23.1 Å². The van der Waals surface area contributed by atoms with Gasteiger partial charge in [-0.05, 0) is 30.0 Å². The van der Waals surface area contributed by atoms with Gasteiger partial charge in [-0.2, -0.15) is 0 Å². The molecule has 0 saturated carbocycles. The molecule has 6 heteroatoms. The fraction of sp³-hybridized carbons (Fsp3) is 0.111. The van der Waals surface area contributed by atoms with Crippen LogP contribution in [-0.2, 0) is 4.79 Å². The number of aromatic nitrogens is 1. The number of rotatable bonds is 2. The van der Waals surface area contributed by atoms with E-state index in [0.717, 1.165) is 43.6 Å². The smallest absolute Gasteiger partial charge is 0.279 e. The molecular formula is C18H12N2O2S2. The Morgan fingerprint density at radius 2 is 2.21 bits per heavy atom. The standard InChI is InChI=1S/C18H12N2O2S2/c21-17-15(13-3-1-5-23-13)9-7-12-10(8-11(9)19-17)16(18(22)20-12)14-4-2-6-24-14/h1,3-5,7-8,20,22H,2,6H2. The minimum absolute atomic E-state index is 0.179. The van der Waals surface area contributed by atoms with E-state index in [0.29, 0.717) is 10.9 Å². The van der Waals surface area contributed by atoms with Crippen molar-refractivity contribution in [1.29, 1.82) is 0 Å². The van der Waals surface area contributed by atoms with Crippen LogP contribution in [0.4, 0.5) is 0 Å². The average Bonchev–Trinajstić information content (AvgIpc) is 3.29. The molecule has 0 fully saturated rings. The van der Waals surface area contributed by atoms with Gasteiger partial charge in [0.15, 0.2) is 5.88 Å². The maximum atomic E-state index is 12.4. The van der Waals surface area contributed by atoms with Crippen molar-refractivity contribution in [1.82, 2.24) is 4.98 Å². The molecule has 2 aliphatic heterocycles. The lowest BCUT2D eigenvalue weighted by molar-refractivity contribution is -0.112. The normalized spacial score (nSPS) is 16.6. The fourth-order valence-electron chi connectivity index (χ4n) is 3.29. The van der Waals surface area contributed by atoms with Gasteiger partial charge in [0.05, 0.1) is 16.5 Å². The lowest BCUT2D eigenvalue weighted by Crippen LogP contribution is -2.23. The van der Waals surface area contributed by atoms with Crippen LogP contribution in [0.3, 0.4) is 0 Å². The van der Waals surface area contributed by atoms with Crippen molar-refractivity contribution in [2.24, 2.45) is 4.99 Å². The highest BCUT2D eigenvalue weighted by atomic mass is 32.2. The molecule has 0 spiro atoms. The highest BCUT2D eigenvalue weighted by Crippen LogP contribution is 2.41. The molecular weight excluding hydrogens is 340 g/mol. The van der Waals surface area contributed by atoms with Gasteiger partial charge in [0, 0.05) is 31.7 Å². The second-order valence-electron chi connectivity index (χ2n) is 5.74. The van der Waals surface area contributed by atoms with Crippen LogP contribution in [0.2, 0.25) is 0 Å². The lowest BCUT2D eigenvalue weighted by Gasteiger charge is -2.00. The predicted octanol–water partition coefficient (Wildman–Crippen LogP) is 2.77. The molecule has 2 aromatic heterocycles. The minimum Gasteiger partial charge on any atom is -0.494 e. The van der Waals surface area contributed by atoms with Crippen LogP contribution >= 0.6 is 23.1 Å². The SMILES string of the molecule is O=C1N=c2cc3c(C4=CCCS4)c(O)[nH]c3cc2=C1c1cccs1. The number of aromatic amines is 1. The van der Waals surface area contributed by atoms with Crippen molar-refractivity contribution < 1.29 is 9.90 Å². The molecule has 2 aliphatic rings. The molecule has 1 amide bonds. The Balaban J connectivity index is 1.85. The van der Waals surface area contributed by atoms with E-state index in [1.807, 2.05) is 29.6 Å². The molecule has 24 heavy (non-hydrogen) atoms. The number of benzene rings is 1. The van der Waals surface area contributed by atoms with Gasteiger partial charge in [-0.1, -0.05) is 12.1 Å². The number of carbonyl (C=O) groups excluding carboxylic acids is 1. The fourth-order valence-corrected chi connectivity index (χ4v) is 5.11. The number of nitrogens with one attached hydrogen (secondary N) is 1. The van der Waals surface area contributed by atoms with Gasteiger partial charge in [0.1, 0.15) is 0 Å². The molecule has 4 heterocycles. The van der Waals surface area contributed by atoms with E-state index in [-0.39, 0.29) is 11.8 Å². The maximum absolute atomic E-state index is 12.4. The Bertz CT molecular complexity index is 1150. The van der Waals surface area contributed by atoms with Crippen LogP contribution in [0.5, 0.6) is 5.88 Å². The van der Waals surface area contributed by atoms with Gasteiger partial charge in [-0.3, -0.25) is 4.79 Å². The Kier molecular flexibility index (Phi) is 2.98. The number of thiophene rings is 1. The van der Waals surface area contributed by atoms with E-state index in [1.54, 1.807) is 11.8 Å².